The summed E-state index contributed by atoms with van der Waals surface area (Å²) in [6.45, 7) is 0. The number of fused-ring (bicyclic) bond motifs is 9. The van der Waals surface area contributed by atoms with Crippen LogP contribution in [0.4, 0.5) is 17.1 Å². The second kappa shape index (κ2) is 10.7. The molecule has 0 saturated heterocycles. The van der Waals surface area contributed by atoms with E-state index in [0.717, 1.165) is 33.8 Å². The highest BCUT2D eigenvalue weighted by Gasteiger charge is 2.52. The lowest BCUT2D eigenvalue weighted by Crippen LogP contribution is -2.35. The lowest BCUT2D eigenvalue weighted by molar-refractivity contribution is 0.756. The molecular weight excluding hydrogens is 623 g/mol. The fourth-order valence-electron chi connectivity index (χ4n) is 7.68. The van der Waals surface area contributed by atoms with Crippen LogP contribution in [-0.4, -0.2) is 9.97 Å². The Labute approximate surface area is 287 Å². The van der Waals surface area contributed by atoms with E-state index in [-0.39, 0.29) is 5.41 Å². The zero-order chi connectivity index (χ0) is 31.7. The van der Waals surface area contributed by atoms with Crippen LogP contribution in [0.25, 0.3) is 43.7 Å². The average Bonchev–Trinajstić information content (AvgIpc) is 3.90. The molecule has 8 aromatic rings. The van der Waals surface area contributed by atoms with Crippen molar-refractivity contribution >= 4 is 39.7 Å². The van der Waals surface area contributed by atoms with Crippen molar-refractivity contribution in [3.05, 3.63) is 185 Å². The Kier molecular flexibility index (Phi) is 6.13. The molecule has 2 aliphatic rings. The smallest absolute Gasteiger partial charge is 0.160 e. The number of hydrogen-bond acceptors (Lipinski definition) is 5. The molecule has 0 unspecified atom stereocenters. The first-order valence-corrected chi connectivity index (χ1v) is 17.8. The Bertz CT molecular complexity index is 2330. The molecular formula is C43H27N3S2. The Balaban J connectivity index is 1.18. The second-order valence-electron chi connectivity index (χ2n) is 12.2. The van der Waals surface area contributed by atoms with E-state index in [2.05, 4.69) is 143 Å². The third kappa shape index (κ3) is 3.92. The van der Waals surface area contributed by atoms with Gasteiger partial charge in [0.15, 0.2) is 5.82 Å². The molecule has 0 fully saturated rings. The minimum atomic E-state index is -0.353. The number of nitrogens with zero attached hydrogens (tertiary/aromatic N) is 3. The largest absolute Gasteiger partial charge is 0.310 e. The highest BCUT2D eigenvalue weighted by molar-refractivity contribution is 7.21. The topological polar surface area (TPSA) is 29.0 Å². The normalized spacial score (nSPS) is 13.5. The van der Waals surface area contributed by atoms with Gasteiger partial charge in [-0.2, -0.15) is 0 Å². The molecule has 5 aromatic carbocycles. The lowest BCUT2D eigenvalue weighted by atomic mass is 9.65. The maximum atomic E-state index is 5.14. The maximum absolute atomic E-state index is 5.14. The molecule has 48 heavy (non-hydrogen) atoms. The van der Waals surface area contributed by atoms with Gasteiger partial charge in [0.25, 0.3) is 0 Å². The number of aromatic nitrogens is 2. The predicted molar refractivity (Wildman–Crippen MR) is 200 cm³/mol. The summed E-state index contributed by atoms with van der Waals surface area (Å²) < 4.78 is 0. The maximum Gasteiger partial charge on any atom is 0.160 e. The van der Waals surface area contributed by atoms with Gasteiger partial charge in [-0.15, -0.1) is 22.7 Å². The number of hydrogen-bond donors (Lipinski definition) is 0. The highest BCUT2D eigenvalue weighted by atomic mass is 32.1. The third-order valence-electron chi connectivity index (χ3n) is 9.67. The van der Waals surface area contributed by atoms with Crippen LogP contribution in [-0.2, 0) is 5.41 Å². The zero-order valence-electron chi connectivity index (χ0n) is 25.7. The van der Waals surface area contributed by atoms with Crippen molar-refractivity contribution in [2.45, 2.75) is 5.41 Å². The first-order valence-electron chi connectivity index (χ1n) is 16.1. The van der Waals surface area contributed by atoms with Gasteiger partial charge in [-0.3, -0.25) is 0 Å². The van der Waals surface area contributed by atoms with Gasteiger partial charge >= 0.3 is 0 Å². The van der Waals surface area contributed by atoms with Crippen molar-refractivity contribution in [3.63, 3.8) is 0 Å². The lowest BCUT2D eigenvalue weighted by Gasteiger charge is -2.44. The molecule has 0 saturated carbocycles. The minimum Gasteiger partial charge on any atom is -0.310 e. The third-order valence-corrected chi connectivity index (χ3v) is 11.7. The van der Waals surface area contributed by atoms with Gasteiger partial charge in [-0.05, 0) is 75.5 Å². The molecule has 0 N–H and O–H groups in total. The molecule has 3 aromatic heterocycles. The van der Waals surface area contributed by atoms with Gasteiger partial charge in [-0.1, -0.05) is 109 Å². The van der Waals surface area contributed by atoms with E-state index in [1.54, 1.807) is 0 Å². The van der Waals surface area contributed by atoms with Crippen molar-refractivity contribution in [2.75, 3.05) is 4.90 Å². The molecule has 10 rings (SSSR count). The van der Waals surface area contributed by atoms with Crippen molar-refractivity contribution in [1.29, 1.82) is 0 Å². The minimum absolute atomic E-state index is 0.353. The summed E-state index contributed by atoms with van der Waals surface area (Å²) in [5.41, 5.74) is 13.4. The number of thiophene rings is 2. The summed E-state index contributed by atoms with van der Waals surface area (Å²) in [5, 5.41) is 4.51. The SMILES string of the molecule is c1ccc(-c2cc(-c3cccc(N4c5ccccc5C5(c6ccccc64)c4ccsc4-c4sccc45)c3)nc(-c3ccccc3)n2)cc1. The van der Waals surface area contributed by atoms with Crippen LogP contribution in [0.1, 0.15) is 22.3 Å². The Hall–Kier alpha value is -5.62. The summed E-state index contributed by atoms with van der Waals surface area (Å²) in [4.78, 5) is 15.4. The molecule has 3 nitrogen and oxygen atoms in total. The van der Waals surface area contributed by atoms with Crippen molar-refractivity contribution in [2.24, 2.45) is 0 Å². The summed E-state index contributed by atoms with van der Waals surface area (Å²) in [5.74, 6) is 0.715. The molecule has 0 bridgehead atoms. The van der Waals surface area contributed by atoms with Crippen LogP contribution in [0.15, 0.2) is 162 Å². The van der Waals surface area contributed by atoms with Gasteiger partial charge in [0.05, 0.1) is 28.2 Å². The summed E-state index contributed by atoms with van der Waals surface area (Å²) >= 11 is 3.71. The van der Waals surface area contributed by atoms with Gasteiger partial charge in [-0.25, -0.2) is 9.97 Å². The number of rotatable bonds is 4. The number of anilines is 3. The van der Waals surface area contributed by atoms with Crippen LogP contribution in [0, 0.1) is 0 Å². The fourth-order valence-corrected chi connectivity index (χ4v) is 9.78. The predicted octanol–water partition coefficient (Wildman–Crippen LogP) is 11.7. The summed E-state index contributed by atoms with van der Waals surface area (Å²) in [7, 11) is 0. The van der Waals surface area contributed by atoms with E-state index < -0.39 is 0 Å². The highest BCUT2D eigenvalue weighted by Crippen LogP contribution is 2.65. The van der Waals surface area contributed by atoms with Crippen LogP contribution in [0.3, 0.4) is 0 Å². The first kappa shape index (κ1) is 27.5. The molecule has 5 heteroatoms. The van der Waals surface area contributed by atoms with Crippen molar-refractivity contribution in [1.82, 2.24) is 9.97 Å². The first-order chi connectivity index (χ1) is 23.8. The molecule has 226 valence electrons. The molecule has 1 aliphatic heterocycles. The molecule has 1 spiro atoms. The average molecular weight is 650 g/mol. The van der Waals surface area contributed by atoms with Gasteiger partial charge < -0.3 is 4.90 Å². The quantitative estimate of drug-likeness (QED) is 0.190. The molecule has 4 heterocycles. The van der Waals surface area contributed by atoms with E-state index in [9.17, 15) is 0 Å². The van der Waals surface area contributed by atoms with Gasteiger partial charge in [0.2, 0.25) is 0 Å². The van der Waals surface area contributed by atoms with Crippen molar-refractivity contribution < 1.29 is 0 Å². The molecule has 0 atom stereocenters. The van der Waals surface area contributed by atoms with Crippen LogP contribution in [0.2, 0.25) is 0 Å². The van der Waals surface area contributed by atoms with Crippen LogP contribution >= 0.6 is 22.7 Å². The number of para-hydroxylation sites is 2. The molecule has 0 amide bonds. The fraction of sp³-hybridized carbons (Fsp3) is 0.0233. The molecule has 0 radical (unpaired) electrons. The Morgan fingerprint density at radius 2 is 0.958 bits per heavy atom. The summed E-state index contributed by atoms with van der Waals surface area (Å²) in [6, 6.07) is 54.1. The van der Waals surface area contributed by atoms with Crippen molar-refractivity contribution in [3.8, 4) is 43.7 Å². The van der Waals surface area contributed by atoms with Crippen LogP contribution in [0.5, 0.6) is 0 Å². The zero-order valence-corrected chi connectivity index (χ0v) is 27.4. The monoisotopic (exact) mass is 649 g/mol. The standard InChI is InChI=1S/C43H27N3S2/c1-3-12-28(13-4-1)36-27-37(45-42(44-36)29-14-5-2-6-15-29)30-16-11-17-31(26-30)46-38-20-9-7-18-32(38)43(33-19-8-10-21-39(33)46)34-22-24-47-40(34)41-35(43)23-25-48-41/h1-27H. The summed E-state index contributed by atoms with van der Waals surface area (Å²) in [6.07, 6.45) is 0. The Morgan fingerprint density at radius 1 is 0.438 bits per heavy atom. The molecule has 1 aliphatic carbocycles. The number of benzene rings is 5. The van der Waals surface area contributed by atoms with E-state index in [4.69, 9.17) is 9.97 Å². The van der Waals surface area contributed by atoms with E-state index >= 15 is 0 Å². The van der Waals surface area contributed by atoms with E-state index in [0.29, 0.717) is 5.82 Å². The van der Waals surface area contributed by atoms with Crippen LogP contribution < -0.4 is 4.90 Å². The Morgan fingerprint density at radius 3 is 1.58 bits per heavy atom. The van der Waals surface area contributed by atoms with Gasteiger partial charge in [0.1, 0.15) is 0 Å². The van der Waals surface area contributed by atoms with E-state index in [1.807, 2.05) is 46.9 Å². The van der Waals surface area contributed by atoms with E-state index in [1.165, 1.54) is 43.4 Å². The second-order valence-corrected chi connectivity index (χ2v) is 14.0. The van der Waals surface area contributed by atoms with Gasteiger partial charge in [0, 0.05) is 32.1 Å².